The van der Waals surface area contributed by atoms with Crippen molar-refractivity contribution < 1.29 is 14.6 Å². The Labute approximate surface area is 124 Å². The molecule has 108 valence electrons. The van der Waals surface area contributed by atoms with Gasteiger partial charge in [-0.15, -0.1) is 0 Å². The maximum absolute atomic E-state index is 11.6. The van der Waals surface area contributed by atoms with Crippen LogP contribution in [0.4, 0.5) is 0 Å². The van der Waals surface area contributed by atoms with Crippen LogP contribution in [0, 0.1) is 13.8 Å². The molecule has 0 saturated carbocycles. The summed E-state index contributed by atoms with van der Waals surface area (Å²) in [6, 6.07) is 13.1. The van der Waals surface area contributed by atoms with Crippen molar-refractivity contribution in [3.05, 3.63) is 64.7 Å². The molecule has 0 fully saturated rings. The monoisotopic (exact) mass is 282 g/mol. The number of aryl methyl sites for hydroxylation is 2. The zero-order valence-electron chi connectivity index (χ0n) is 12.4. The molecule has 2 aromatic rings. The van der Waals surface area contributed by atoms with Crippen LogP contribution in [0.25, 0.3) is 11.6 Å². The second kappa shape index (κ2) is 6.27. The van der Waals surface area contributed by atoms with E-state index in [0.29, 0.717) is 5.56 Å². The van der Waals surface area contributed by atoms with Gasteiger partial charge in [-0.3, -0.25) is 0 Å². The summed E-state index contributed by atoms with van der Waals surface area (Å²) in [4.78, 5) is 11.6. The molecule has 0 amide bonds. The van der Waals surface area contributed by atoms with Crippen molar-refractivity contribution in [1.82, 2.24) is 0 Å². The van der Waals surface area contributed by atoms with E-state index in [0.717, 1.165) is 22.4 Å². The molecule has 0 atom stereocenters. The molecule has 0 saturated heterocycles. The number of carboxylic acids is 1. The Morgan fingerprint density at radius 3 is 2.48 bits per heavy atom. The Bertz CT molecular complexity index is 699. The van der Waals surface area contributed by atoms with Crippen LogP contribution in [0.5, 0.6) is 5.75 Å². The topological polar surface area (TPSA) is 46.5 Å². The number of hydrogen-bond donors (Lipinski definition) is 1. The average Bonchev–Trinajstić information content (AvgIpc) is 2.44. The van der Waals surface area contributed by atoms with Gasteiger partial charge < -0.3 is 9.84 Å². The molecule has 2 aromatic carbocycles. The minimum Gasteiger partial charge on any atom is -0.496 e. The molecule has 0 unspecified atom stereocenters. The smallest absolute Gasteiger partial charge is 0.336 e. The van der Waals surface area contributed by atoms with Gasteiger partial charge >= 0.3 is 5.97 Å². The maximum atomic E-state index is 11.6. The van der Waals surface area contributed by atoms with Crippen molar-refractivity contribution in [3.63, 3.8) is 0 Å². The molecule has 0 aromatic heterocycles. The zero-order chi connectivity index (χ0) is 15.4. The van der Waals surface area contributed by atoms with Gasteiger partial charge in [0.25, 0.3) is 0 Å². The molecule has 1 N–H and O–H groups in total. The Hall–Kier alpha value is -2.55. The van der Waals surface area contributed by atoms with E-state index in [-0.39, 0.29) is 5.57 Å². The van der Waals surface area contributed by atoms with Gasteiger partial charge in [-0.2, -0.15) is 0 Å². The summed E-state index contributed by atoms with van der Waals surface area (Å²) in [6.07, 6.45) is 1.69. The molecular formula is C18H18O3. The lowest BCUT2D eigenvalue weighted by Crippen LogP contribution is -2.00. The van der Waals surface area contributed by atoms with E-state index in [1.54, 1.807) is 25.3 Å². The first-order chi connectivity index (χ1) is 10.0. The van der Waals surface area contributed by atoms with Gasteiger partial charge in [0.05, 0.1) is 12.7 Å². The van der Waals surface area contributed by atoms with Crippen molar-refractivity contribution in [1.29, 1.82) is 0 Å². The normalized spacial score (nSPS) is 11.3. The van der Waals surface area contributed by atoms with Crippen LogP contribution < -0.4 is 4.74 Å². The van der Waals surface area contributed by atoms with Crippen LogP contribution in [-0.2, 0) is 4.79 Å². The van der Waals surface area contributed by atoms with E-state index in [1.807, 2.05) is 44.2 Å². The molecule has 21 heavy (non-hydrogen) atoms. The van der Waals surface area contributed by atoms with Gasteiger partial charge in [-0.25, -0.2) is 4.79 Å². The summed E-state index contributed by atoms with van der Waals surface area (Å²) in [5.74, 6) is -0.194. The summed E-state index contributed by atoms with van der Waals surface area (Å²) in [7, 11) is 1.60. The maximum Gasteiger partial charge on any atom is 0.336 e. The molecule has 2 rings (SSSR count). The van der Waals surface area contributed by atoms with E-state index in [2.05, 4.69) is 0 Å². The molecule has 3 heteroatoms. The highest BCUT2D eigenvalue weighted by molar-refractivity contribution is 6.20. The highest BCUT2D eigenvalue weighted by Crippen LogP contribution is 2.25. The standard InChI is InChI=1S/C18H18O3/c1-12-5-4-6-14(9-12)11-16(18(19)20)15-7-8-17(21-3)13(2)10-15/h4-11H,1-3H3,(H,19,20)/b16-11-. The summed E-state index contributed by atoms with van der Waals surface area (Å²) >= 11 is 0. The number of rotatable bonds is 4. The largest absolute Gasteiger partial charge is 0.496 e. The lowest BCUT2D eigenvalue weighted by atomic mass is 10.00. The second-order valence-corrected chi connectivity index (χ2v) is 4.96. The first-order valence-corrected chi connectivity index (χ1v) is 6.68. The van der Waals surface area contributed by atoms with E-state index in [9.17, 15) is 9.90 Å². The van der Waals surface area contributed by atoms with Gasteiger partial charge in [0.2, 0.25) is 0 Å². The van der Waals surface area contributed by atoms with E-state index in [1.165, 1.54) is 0 Å². The van der Waals surface area contributed by atoms with Crippen molar-refractivity contribution in [2.24, 2.45) is 0 Å². The fourth-order valence-corrected chi connectivity index (χ4v) is 2.24. The number of benzene rings is 2. The summed E-state index contributed by atoms with van der Waals surface area (Å²) in [5, 5.41) is 9.48. The van der Waals surface area contributed by atoms with E-state index in [4.69, 9.17) is 4.74 Å². The molecule has 0 heterocycles. The van der Waals surface area contributed by atoms with E-state index >= 15 is 0 Å². The SMILES string of the molecule is COc1ccc(/C(=C/c2cccc(C)c2)C(=O)O)cc1C. The minimum atomic E-state index is -0.943. The summed E-state index contributed by atoms with van der Waals surface area (Å²) < 4.78 is 5.21. The predicted octanol–water partition coefficient (Wildman–Crippen LogP) is 3.94. The fraction of sp³-hybridized carbons (Fsp3) is 0.167. The number of carbonyl (C=O) groups is 1. The lowest BCUT2D eigenvalue weighted by molar-refractivity contribution is -0.130. The Balaban J connectivity index is 2.49. The first-order valence-electron chi connectivity index (χ1n) is 6.68. The van der Waals surface area contributed by atoms with Crippen molar-refractivity contribution in [3.8, 4) is 5.75 Å². The van der Waals surface area contributed by atoms with Crippen LogP contribution in [0.3, 0.4) is 0 Å². The fourth-order valence-electron chi connectivity index (χ4n) is 2.24. The van der Waals surface area contributed by atoms with Gasteiger partial charge in [0, 0.05) is 0 Å². The highest BCUT2D eigenvalue weighted by Gasteiger charge is 2.12. The average molecular weight is 282 g/mol. The molecule has 3 nitrogen and oxygen atoms in total. The van der Waals surface area contributed by atoms with E-state index < -0.39 is 5.97 Å². The third kappa shape index (κ3) is 3.51. The number of methoxy groups -OCH3 is 1. The van der Waals surface area contributed by atoms with Crippen LogP contribution >= 0.6 is 0 Å². The quantitative estimate of drug-likeness (QED) is 0.682. The van der Waals surface area contributed by atoms with Crippen molar-refractivity contribution in [2.75, 3.05) is 7.11 Å². The minimum absolute atomic E-state index is 0.270. The summed E-state index contributed by atoms with van der Waals surface area (Å²) in [5.41, 5.74) is 3.82. The van der Waals surface area contributed by atoms with Crippen LogP contribution in [-0.4, -0.2) is 18.2 Å². The molecule has 0 aliphatic heterocycles. The Morgan fingerprint density at radius 1 is 1.14 bits per heavy atom. The number of aliphatic carboxylic acids is 1. The lowest BCUT2D eigenvalue weighted by Gasteiger charge is -2.08. The van der Waals surface area contributed by atoms with Crippen LogP contribution in [0.1, 0.15) is 22.3 Å². The Kier molecular flexibility index (Phi) is 4.43. The van der Waals surface area contributed by atoms with Gasteiger partial charge in [-0.1, -0.05) is 35.9 Å². The Morgan fingerprint density at radius 2 is 1.90 bits per heavy atom. The van der Waals surface area contributed by atoms with Crippen molar-refractivity contribution >= 4 is 17.6 Å². The zero-order valence-corrected chi connectivity index (χ0v) is 12.4. The van der Waals surface area contributed by atoms with Crippen LogP contribution in [0.2, 0.25) is 0 Å². The molecule has 0 bridgehead atoms. The third-order valence-corrected chi connectivity index (χ3v) is 3.29. The third-order valence-electron chi connectivity index (χ3n) is 3.29. The first kappa shape index (κ1) is 14.9. The van der Waals surface area contributed by atoms with Gasteiger partial charge in [0.15, 0.2) is 0 Å². The summed E-state index contributed by atoms with van der Waals surface area (Å²) in [6.45, 7) is 3.88. The molecule has 0 aliphatic rings. The van der Waals surface area contributed by atoms with Gasteiger partial charge in [-0.05, 0) is 48.7 Å². The molecule has 0 radical (unpaired) electrons. The predicted molar refractivity (Wildman–Crippen MR) is 84.4 cm³/mol. The second-order valence-electron chi connectivity index (χ2n) is 4.96. The number of ether oxygens (including phenoxy) is 1. The van der Waals surface area contributed by atoms with Crippen molar-refractivity contribution in [2.45, 2.75) is 13.8 Å². The van der Waals surface area contributed by atoms with Crippen LogP contribution in [0.15, 0.2) is 42.5 Å². The highest BCUT2D eigenvalue weighted by atomic mass is 16.5. The van der Waals surface area contributed by atoms with Gasteiger partial charge in [0.1, 0.15) is 5.75 Å². The molecular weight excluding hydrogens is 264 g/mol. The molecule has 0 spiro atoms. The number of hydrogen-bond acceptors (Lipinski definition) is 2. The molecule has 0 aliphatic carbocycles. The number of carboxylic acid groups (broad SMARTS) is 1.